The highest BCUT2D eigenvalue weighted by molar-refractivity contribution is 9.10. The van der Waals surface area contributed by atoms with E-state index in [9.17, 15) is 0 Å². The van der Waals surface area contributed by atoms with E-state index >= 15 is 0 Å². The van der Waals surface area contributed by atoms with Crippen LogP contribution in [0.15, 0.2) is 81.7 Å². The Labute approximate surface area is 171 Å². The van der Waals surface area contributed by atoms with Gasteiger partial charge in [-0.15, -0.1) is 0 Å². The number of nitrogens with one attached hydrogen (secondary N) is 2. The molecule has 0 saturated carbocycles. The van der Waals surface area contributed by atoms with Gasteiger partial charge in [0.05, 0.1) is 23.0 Å². The third-order valence-corrected chi connectivity index (χ3v) is 6.09. The highest BCUT2D eigenvalue weighted by Crippen LogP contribution is 2.42. The summed E-state index contributed by atoms with van der Waals surface area (Å²) in [5.41, 5.74) is 4.66. The van der Waals surface area contributed by atoms with Gasteiger partial charge in [0.1, 0.15) is 0 Å². The average molecular weight is 472 g/mol. The zero-order valence-corrected chi connectivity index (χ0v) is 17.6. The number of hydrogen-bond acceptors (Lipinski definition) is 2. The maximum absolute atomic E-state index is 3.80. The minimum atomic E-state index is -0.182. The van der Waals surface area contributed by atoms with E-state index in [1.807, 2.05) is 0 Å². The topological polar surface area (TPSA) is 24.1 Å². The number of halogens is 2. The normalized spacial score (nSPS) is 21.9. The van der Waals surface area contributed by atoms with Crippen LogP contribution in [0, 0.1) is 0 Å². The van der Waals surface area contributed by atoms with E-state index in [1.54, 1.807) is 0 Å². The van der Waals surface area contributed by atoms with E-state index in [-0.39, 0.29) is 11.6 Å². The van der Waals surface area contributed by atoms with Crippen LogP contribution in [0.4, 0.5) is 11.4 Å². The van der Waals surface area contributed by atoms with Crippen molar-refractivity contribution in [2.24, 2.45) is 0 Å². The number of anilines is 2. The largest absolute Gasteiger partial charge is 0.376 e. The lowest BCUT2D eigenvalue weighted by Gasteiger charge is -2.33. The highest BCUT2D eigenvalue weighted by Gasteiger charge is 2.34. The minimum absolute atomic E-state index is 0.182. The number of benzene rings is 3. The van der Waals surface area contributed by atoms with Crippen molar-refractivity contribution in [1.82, 2.24) is 0 Å². The Bertz CT molecular complexity index is 906. The van der Waals surface area contributed by atoms with Crippen LogP contribution in [0.5, 0.6) is 0 Å². The maximum atomic E-state index is 3.80. The molecular weight excluding hydrogens is 452 g/mol. The lowest BCUT2D eigenvalue weighted by Crippen LogP contribution is -2.33. The Kier molecular flexibility index (Phi) is 4.80. The van der Waals surface area contributed by atoms with Crippen LogP contribution in [0.2, 0.25) is 0 Å². The molecule has 1 heterocycles. The molecule has 4 heteroatoms. The van der Waals surface area contributed by atoms with Crippen molar-refractivity contribution in [3.05, 3.63) is 92.9 Å². The molecular formula is C22H20Br2N2. The molecule has 2 atom stereocenters. The van der Waals surface area contributed by atoms with E-state index in [0.29, 0.717) is 0 Å². The number of para-hydroxylation sites is 2. The molecule has 4 rings (SSSR count). The Morgan fingerprint density at radius 2 is 1.38 bits per heavy atom. The summed E-state index contributed by atoms with van der Waals surface area (Å²) in [6, 6.07) is 25.9. The smallest absolute Gasteiger partial charge is 0.0620 e. The molecule has 2 nitrogen and oxygen atoms in total. The predicted octanol–water partition coefficient (Wildman–Crippen LogP) is 7.10. The van der Waals surface area contributed by atoms with Gasteiger partial charge in [0.15, 0.2) is 0 Å². The molecule has 0 amide bonds. The fourth-order valence-electron chi connectivity index (χ4n) is 3.62. The maximum Gasteiger partial charge on any atom is 0.0620 e. The van der Waals surface area contributed by atoms with Gasteiger partial charge >= 0.3 is 0 Å². The molecule has 132 valence electrons. The van der Waals surface area contributed by atoms with Crippen molar-refractivity contribution in [3.8, 4) is 0 Å². The van der Waals surface area contributed by atoms with Crippen molar-refractivity contribution in [2.75, 3.05) is 10.6 Å². The summed E-state index contributed by atoms with van der Waals surface area (Å²) in [6.45, 7) is 2.28. The summed E-state index contributed by atoms with van der Waals surface area (Å²) >= 11 is 7.09. The fourth-order valence-corrected chi connectivity index (χ4v) is 4.15. The molecule has 0 saturated heterocycles. The summed E-state index contributed by atoms with van der Waals surface area (Å²) in [5.74, 6) is 0. The quantitative estimate of drug-likeness (QED) is 0.416. The molecule has 3 aromatic rings. The third kappa shape index (κ3) is 3.53. The molecule has 0 aliphatic carbocycles. The van der Waals surface area contributed by atoms with Crippen LogP contribution >= 0.6 is 31.9 Å². The van der Waals surface area contributed by atoms with Crippen LogP contribution in [0.25, 0.3) is 0 Å². The second-order valence-corrected chi connectivity index (χ2v) is 8.79. The molecule has 26 heavy (non-hydrogen) atoms. The van der Waals surface area contributed by atoms with Crippen molar-refractivity contribution >= 4 is 43.2 Å². The zero-order valence-electron chi connectivity index (χ0n) is 14.5. The minimum Gasteiger partial charge on any atom is -0.376 e. The molecule has 0 fully saturated rings. The van der Waals surface area contributed by atoms with Crippen molar-refractivity contribution in [1.29, 1.82) is 0 Å². The number of fused-ring (bicyclic) bond motifs is 1. The summed E-state index contributed by atoms with van der Waals surface area (Å²) in [7, 11) is 0. The monoisotopic (exact) mass is 470 g/mol. The summed E-state index contributed by atoms with van der Waals surface area (Å²) in [6.07, 6.45) is 0.935. The van der Waals surface area contributed by atoms with Gasteiger partial charge in [0, 0.05) is 8.95 Å². The SMILES string of the molecule is C[C@]1(c2ccc(Br)cc2)C[C@H](c2ccc(Br)cc2)Nc2ccccc2N1. The highest BCUT2D eigenvalue weighted by atomic mass is 79.9. The summed E-state index contributed by atoms with van der Waals surface area (Å²) in [5, 5.41) is 7.54. The van der Waals surface area contributed by atoms with Crippen molar-refractivity contribution in [2.45, 2.75) is 24.9 Å². The first-order valence-corrected chi connectivity index (χ1v) is 10.3. The van der Waals surface area contributed by atoms with Crippen LogP contribution in [0.1, 0.15) is 30.5 Å². The van der Waals surface area contributed by atoms with Crippen molar-refractivity contribution in [3.63, 3.8) is 0 Å². The van der Waals surface area contributed by atoms with E-state index in [2.05, 4.69) is 122 Å². The van der Waals surface area contributed by atoms with E-state index in [4.69, 9.17) is 0 Å². The molecule has 0 bridgehead atoms. The van der Waals surface area contributed by atoms with Crippen LogP contribution in [-0.4, -0.2) is 0 Å². The van der Waals surface area contributed by atoms with Crippen LogP contribution in [-0.2, 0) is 5.54 Å². The number of rotatable bonds is 2. The molecule has 1 aliphatic heterocycles. The second kappa shape index (κ2) is 7.09. The zero-order chi connectivity index (χ0) is 18.1. The first-order valence-electron chi connectivity index (χ1n) is 8.69. The van der Waals surface area contributed by atoms with Gasteiger partial charge in [-0.1, -0.05) is 68.3 Å². The lowest BCUT2D eigenvalue weighted by molar-refractivity contribution is 0.464. The summed E-state index contributed by atoms with van der Waals surface area (Å²) in [4.78, 5) is 0. The molecule has 0 radical (unpaired) electrons. The molecule has 2 N–H and O–H groups in total. The molecule has 0 unspecified atom stereocenters. The second-order valence-electron chi connectivity index (χ2n) is 6.96. The third-order valence-electron chi connectivity index (χ3n) is 5.03. The molecule has 1 aliphatic rings. The Balaban J connectivity index is 1.79. The van der Waals surface area contributed by atoms with E-state index < -0.39 is 0 Å². The Morgan fingerprint density at radius 3 is 2.04 bits per heavy atom. The van der Waals surface area contributed by atoms with Gasteiger partial charge in [-0.05, 0) is 60.9 Å². The van der Waals surface area contributed by atoms with Crippen LogP contribution in [0.3, 0.4) is 0 Å². The van der Waals surface area contributed by atoms with Gasteiger partial charge in [-0.2, -0.15) is 0 Å². The fraction of sp³-hybridized carbons (Fsp3) is 0.182. The van der Waals surface area contributed by atoms with Crippen molar-refractivity contribution < 1.29 is 0 Å². The molecule has 3 aromatic carbocycles. The predicted molar refractivity (Wildman–Crippen MR) is 117 cm³/mol. The first kappa shape index (κ1) is 17.6. The van der Waals surface area contributed by atoms with Gasteiger partial charge in [0.25, 0.3) is 0 Å². The molecule has 0 aromatic heterocycles. The van der Waals surface area contributed by atoms with E-state index in [1.165, 1.54) is 11.1 Å². The number of hydrogen-bond donors (Lipinski definition) is 2. The molecule has 0 spiro atoms. The van der Waals surface area contributed by atoms with E-state index in [0.717, 1.165) is 26.7 Å². The van der Waals surface area contributed by atoms with Gasteiger partial charge in [-0.25, -0.2) is 0 Å². The van der Waals surface area contributed by atoms with Gasteiger partial charge < -0.3 is 10.6 Å². The summed E-state index contributed by atoms with van der Waals surface area (Å²) < 4.78 is 2.20. The Morgan fingerprint density at radius 1 is 0.808 bits per heavy atom. The van der Waals surface area contributed by atoms with Gasteiger partial charge in [0.2, 0.25) is 0 Å². The lowest BCUT2D eigenvalue weighted by atomic mass is 9.84. The average Bonchev–Trinajstić information content (AvgIpc) is 2.79. The Hall–Kier alpha value is -1.78. The standard InChI is InChI=1S/C22H20Br2N2/c1-22(16-8-12-18(24)13-9-16)14-21(15-6-10-17(23)11-7-15)25-19-4-2-3-5-20(19)26-22/h2-13,21,25-26H,14H2,1H3/t21-,22-/m1/s1. The van der Waals surface area contributed by atoms with Crippen LogP contribution < -0.4 is 10.6 Å². The first-order chi connectivity index (χ1) is 12.5. The van der Waals surface area contributed by atoms with Gasteiger partial charge in [-0.3, -0.25) is 0 Å².